The zero-order valence-electron chi connectivity index (χ0n) is 13.5. The number of Topliss-reactive ketones (excluding diaryl/α,β-unsaturated/α-hetero) is 1. The fourth-order valence-corrected chi connectivity index (χ4v) is 2.83. The summed E-state index contributed by atoms with van der Waals surface area (Å²) in [6.45, 7) is 3.96. The molecule has 2 N–H and O–H groups in total. The van der Waals surface area contributed by atoms with Crippen LogP contribution in [0, 0.1) is 5.82 Å². The number of nitrogens with two attached hydrogens (primary N) is 1. The quantitative estimate of drug-likeness (QED) is 0.604. The standard InChI is InChI=1S/C17H18BrFN4O/c1-3-22-17(18)12(8-20)6-14-9-21-10-23(14)16-5-4-13(19)7-15(16)11(2)24/h4-5,7-10H,3,6,20H2,1-2H3. The third-order valence-electron chi connectivity index (χ3n) is 3.45. The van der Waals surface area contributed by atoms with E-state index in [9.17, 15) is 9.18 Å². The second-order valence-electron chi connectivity index (χ2n) is 5.11. The molecule has 0 aliphatic heterocycles. The van der Waals surface area contributed by atoms with Crippen molar-refractivity contribution in [3.05, 3.63) is 59.6 Å². The van der Waals surface area contributed by atoms with Crippen LogP contribution in [0.3, 0.4) is 0 Å². The fraction of sp³-hybridized carbons (Fsp3) is 0.235. The largest absolute Gasteiger partial charge is 0.404 e. The lowest BCUT2D eigenvalue weighted by Crippen LogP contribution is -2.09. The number of halogens is 2. The van der Waals surface area contributed by atoms with Gasteiger partial charge in [0, 0.05) is 42.2 Å². The van der Waals surface area contributed by atoms with Gasteiger partial charge in [-0.05, 0) is 48.0 Å². The second kappa shape index (κ2) is 8.01. The maximum atomic E-state index is 13.5. The summed E-state index contributed by atoms with van der Waals surface area (Å²) < 4.78 is 15.9. The van der Waals surface area contributed by atoms with Crippen LogP contribution >= 0.6 is 15.9 Å². The van der Waals surface area contributed by atoms with Gasteiger partial charge in [0.25, 0.3) is 0 Å². The van der Waals surface area contributed by atoms with Crippen molar-refractivity contribution in [1.82, 2.24) is 9.55 Å². The van der Waals surface area contributed by atoms with Crippen LogP contribution in [-0.2, 0) is 6.42 Å². The highest BCUT2D eigenvalue weighted by Crippen LogP contribution is 2.21. The highest BCUT2D eigenvalue weighted by Gasteiger charge is 2.15. The normalized spacial score (nSPS) is 12.5. The summed E-state index contributed by atoms with van der Waals surface area (Å²) in [6.07, 6.45) is 5.23. The number of hydrogen-bond acceptors (Lipinski definition) is 4. The number of hydrogen-bond donors (Lipinski definition) is 1. The first-order chi connectivity index (χ1) is 11.5. The van der Waals surface area contributed by atoms with E-state index in [4.69, 9.17) is 5.73 Å². The van der Waals surface area contributed by atoms with E-state index in [2.05, 4.69) is 25.9 Å². The predicted molar refractivity (Wildman–Crippen MR) is 96.4 cm³/mol. The van der Waals surface area contributed by atoms with Gasteiger partial charge in [0.2, 0.25) is 0 Å². The number of nitrogens with zero attached hydrogens (tertiary/aromatic N) is 3. The molecule has 1 aromatic carbocycles. The Kier molecular flexibility index (Phi) is 6.03. The summed E-state index contributed by atoms with van der Waals surface area (Å²) in [5.41, 5.74) is 8.19. The van der Waals surface area contributed by atoms with Gasteiger partial charge in [-0.1, -0.05) is 0 Å². The highest BCUT2D eigenvalue weighted by atomic mass is 79.9. The van der Waals surface area contributed by atoms with E-state index >= 15 is 0 Å². The number of allylic oxidation sites excluding steroid dienone is 1. The lowest BCUT2D eigenvalue weighted by Gasteiger charge is -2.13. The summed E-state index contributed by atoms with van der Waals surface area (Å²) in [4.78, 5) is 20.3. The third kappa shape index (κ3) is 3.97. The van der Waals surface area contributed by atoms with Gasteiger partial charge < -0.3 is 10.3 Å². The first kappa shape index (κ1) is 18.1. The molecular formula is C17H18BrFN4O. The number of carbonyl (C=O) groups excluding carboxylic acids is 1. The molecular weight excluding hydrogens is 375 g/mol. The zero-order chi connectivity index (χ0) is 17.7. The molecule has 2 aromatic rings. The fourth-order valence-electron chi connectivity index (χ4n) is 2.31. The molecule has 0 saturated carbocycles. The van der Waals surface area contributed by atoms with E-state index in [0.29, 0.717) is 28.8 Å². The molecule has 0 aliphatic rings. The first-order valence-electron chi connectivity index (χ1n) is 7.41. The van der Waals surface area contributed by atoms with Gasteiger partial charge in [-0.15, -0.1) is 0 Å². The van der Waals surface area contributed by atoms with Gasteiger partial charge in [0.05, 0.1) is 12.0 Å². The monoisotopic (exact) mass is 392 g/mol. The predicted octanol–water partition coefficient (Wildman–Crippen LogP) is 3.41. The molecule has 126 valence electrons. The number of rotatable bonds is 6. The molecule has 24 heavy (non-hydrogen) atoms. The molecule has 2 rings (SSSR count). The second-order valence-corrected chi connectivity index (χ2v) is 5.86. The van der Waals surface area contributed by atoms with Gasteiger partial charge in [-0.3, -0.25) is 9.79 Å². The summed E-state index contributed by atoms with van der Waals surface area (Å²) in [5, 5.41) is 0. The van der Waals surface area contributed by atoms with Crippen LogP contribution in [0.15, 0.2) is 47.5 Å². The molecule has 0 unspecified atom stereocenters. The molecule has 5 nitrogen and oxygen atoms in total. The Morgan fingerprint density at radius 2 is 2.25 bits per heavy atom. The van der Waals surface area contributed by atoms with Crippen LogP contribution in [0.5, 0.6) is 0 Å². The van der Waals surface area contributed by atoms with Crippen molar-refractivity contribution in [3.8, 4) is 5.69 Å². The van der Waals surface area contributed by atoms with E-state index in [-0.39, 0.29) is 5.78 Å². The van der Waals surface area contributed by atoms with Crippen LogP contribution < -0.4 is 5.73 Å². The molecule has 1 aromatic heterocycles. The topological polar surface area (TPSA) is 73.3 Å². The summed E-state index contributed by atoms with van der Waals surface area (Å²) in [7, 11) is 0. The molecule has 0 radical (unpaired) electrons. The Labute approximate surface area is 148 Å². The first-order valence-corrected chi connectivity index (χ1v) is 8.20. The Morgan fingerprint density at radius 1 is 1.50 bits per heavy atom. The van der Waals surface area contributed by atoms with Gasteiger partial charge in [0.1, 0.15) is 10.4 Å². The Hall–Kier alpha value is -2.28. The van der Waals surface area contributed by atoms with Crippen molar-refractivity contribution in [2.45, 2.75) is 20.3 Å². The van der Waals surface area contributed by atoms with Crippen molar-refractivity contribution in [2.75, 3.05) is 6.54 Å². The van der Waals surface area contributed by atoms with Crippen molar-refractivity contribution in [2.24, 2.45) is 10.7 Å². The smallest absolute Gasteiger partial charge is 0.162 e. The highest BCUT2D eigenvalue weighted by molar-refractivity contribution is 9.18. The molecule has 0 amide bonds. The molecule has 0 aliphatic carbocycles. The number of ketones is 1. The molecule has 7 heteroatoms. The number of benzene rings is 1. The van der Waals surface area contributed by atoms with E-state index in [1.807, 2.05) is 6.92 Å². The van der Waals surface area contributed by atoms with Crippen molar-refractivity contribution >= 4 is 26.3 Å². The SMILES string of the molecule is CCN=C(Br)C(=CN)Cc1cncn1-c1ccc(F)cc1C(C)=O. The molecule has 0 atom stereocenters. The van der Waals surface area contributed by atoms with Crippen LogP contribution in [0.4, 0.5) is 4.39 Å². The molecule has 0 bridgehead atoms. The van der Waals surface area contributed by atoms with E-state index in [1.54, 1.807) is 23.2 Å². The van der Waals surface area contributed by atoms with Crippen molar-refractivity contribution in [3.63, 3.8) is 0 Å². The minimum Gasteiger partial charge on any atom is -0.404 e. The minimum atomic E-state index is -0.453. The van der Waals surface area contributed by atoms with E-state index < -0.39 is 5.82 Å². The Balaban J connectivity index is 2.45. The molecule has 0 saturated heterocycles. The third-order valence-corrected chi connectivity index (χ3v) is 4.21. The summed E-state index contributed by atoms with van der Waals surface area (Å²) >= 11 is 3.41. The average molecular weight is 393 g/mol. The molecule has 1 heterocycles. The van der Waals surface area contributed by atoms with Gasteiger partial charge in [0.15, 0.2) is 5.78 Å². The van der Waals surface area contributed by atoms with Gasteiger partial charge in [-0.2, -0.15) is 0 Å². The van der Waals surface area contributed by atoms with Gasteiger partial charge >= 0.3 is 0 Å². The molecule has 0 spiro atoms. The van der Waals surface area contributed by atoms with E-state index in [0.717, 1.165) is 11.3 Å². The molecule has 0 fully saturated rings. The zero-order valence-corrected chi connectivity index (χ0v) is 15.0. The van der Waals surface area contributed by atoms with Crippen LogP contribution in [0.2, 0.25) is 0 Å². The van der Waals surface area contributed by atoms with Crippen molar-refractivity contribution in [1.29, 1.82) is 0 Å². The van der Waals surface area contributed by atoms with Gasteiger partial charge in [-0.25, -0.2) is 9.37 Å². The lowest BCUT2D eigenvalue weighted by molar-refractivity contribution is 0.101. The maximum Gasteiger partial charge on any atom is 0.162 e. The van der Waals surface area contributed by atoms with Crippen LogP contribution in [0.25, 0.3) is 5.69 Å². The summed E-state index contributed by atoms with van der Waals surface area (Å²) in [5.74, 6) is -0.668. The lowest BCUT2D eigenvalue weighted by atomic mass is 10.1. The minimum absolute atomic E-state index is 0.215. The summed E-state index contributed by atoms with van der Waals surface area (Å²) in [6, 6.07) is 4.12. The number of aromatic nitrogens is 2. The number of imidazole rings is 1. The van der Waals surface area contributed by atoms with Crippen LogP contribution in [-0.4, -0.2) is 26.5 Å². The number of aliphatic imine (C=N–C) groups is 1. The average Bonchev–Trinajstić information content (AvgIpc) is 3.00. The van der Waals surface area contributed by atoms with E-state index in [1.165, 1.54) is 25.3 Å². The maximum absolute atomic E-state index is 13.5. The Bertz CT molecular complexity index is 811. The van der Waals surface area contributed by atoms with Crippen molar-refractivity contribution < 1.29 is 9.18 Å². The Morgan fingerprint density at radius 3 is 2.88 bits per heavy atom. The number of carbonyl (C=O) groups is 1. The van der Waals surface area contributed by atoms with Crippen LogP contribution in [0.1, 0.15) is 29.9 Å².